The summed E-state index contributed by atoms with van der Waals surface area (Å²) < 4.78 is 42.9. The molecule has 23 heavy (non-hydrogen) atoms. The fourth-order valence-electron chi connectivity index (χ4n) is 3.29. The Bertz CT molecular complexity index is 583. The summed E-state index contributed by atoms with van der Waals surface area (Å²) in [6, 6.07) is 2.85. The van der Waals surface area contributed by atoms with Gasteiger partial charge in [-0.25, -0.2) is 8.78 Å². The molecule has 0 bridgehead atoms. The van der Waals surface area contributed by atoms with Crippen LogP contribution in [0.5, 0.6) is 5.75 Å². The molecule has 5 nitrogen and oxygen atoms in total. The van der Waals surface area contributed by atoms with Crippen molar-refractivity contribution in [2.75, 3.05) is 26.9 Å². The summed E-state index contributed by atoms with van der Waals surface area (Å²) in [6.45, 7) is 0.563. The number of carbonyl (C=O) groups excluding carboxylic acids is 1. The molecule has 0 spiro atoms. The number of ether oxygens (including phenoxy) is 3. The van der Waals surface area contributed by atoms with Crippen molar-refractivity contribution in [2.45, 2.75) is 31.1 Å². The molecule has 0 N–H and O–H groups in total. The van der Waals surface area contributed by atoms with Gasteiger partial charge in [0.1, 0.15) is 11.9 Å². The molecule has 7 heteroatoms. The molecule has 1 aromatic carbocycles. The third kappa shape index (κ3) is 3.30. The second kappa shape index (κ2) is 6.80. The fraction of sp³-hybridized carbons (Fsp3) is 0.562. The van der Waals surface area contributed by atoms with E-state index in [-0.39, 0.29) is 36.5 Å². The smallest absolute Gasteiger partial charge is 0.260 e. The van der Waals surface area contributed by atoms with Gasteiger partial charge in [-0.1, -0.05) is 0 Å². The lowest BCUT2D eigenvalue weighted by Crippen LogP contribution is -2.54. The highest BCUT2D eigenvalue weighted by Gasteiger charge is 2.44. The average Bonchev–Trinajstić information content (AvgIpc) is 2.98. The van der Waals surface area contributed by atoms with E-state index in [0.29, 0.717) is 13.2 Å². The van der Waals surface area contributed by atoms with Gasteiger partial charge >= 0.3 is 0 Å². The normalized spacial score (nSPS) is 26.9. The van der Waals surface area contributed by atoms with Crippen molar-refractivity contribution in [3.8, 4) is 5.75 Å². The first-order valence-electron chi connectivity index (χ1n) is 7.62. The topological polar surface area (TPSA) is 48.0 Å². The highest BCUT2D eigenvalue weighted by Crippen LogP contribution is 2.32. The van der Waals surface area contributed by atoms with Gasteiger partial charge in [-0.15, -0.1) is 0 Å². The van der Waals surface area contributed by atoms with E-state index in [4.69, 9.17) is 14.2 Å². The van der Waals surface area contributed by atoms with Crippen molar-refractivity contribution in [1.29, 1.82) is 0 Å². The molecule has 0 unspecified atom stereocenters. The molecule has 3 atom stereocenters. The first-order valence-corrected chi connectivity index (χ1v) is 7.62. The Morgan fingerprint density at radius 1 is 1.39 bits per heavy atom. The zero-order valence-corrected chi connectivity index (χ0v) is 12.8. The molecular weight excluding hydrogens is 308 g/mol. The van der Waals surface area contributed by atoms with E-state index in [9.17, 15) is 13.6 Å². The van der Waals surface area contributed by atoms with Crippen LogP contribution in [-0.4, -0.2) is 55.9 Å². The first kappa shape index (κ1) is 16.1. The van der Waals surface area contributed by atoms with Gasteiger partial charge < -0.3 is 19.1 Å². The zero-order valence-electron chi connectivity index (χ0n) is 12.8. The van der Waals surface area contributed by atoms with Gasteiger partial charge in [0.05, 0.1) is 18.8 Å². The summed E-state index contributed by atoms with van der Waals surface area (Å²) in [5.74, 6) is -1.83. The summed E-state index contributed by atoms with van der Waals surface area (Å²) in [4.78, 5) is 14.1. The van der Waals surface area contributed by atoms with Gasteiger partial charge in [-0.2, -0.15) is 0 Å². The minimum atomic E-state index is -0.695. The van der Waals surface area contributed by atoms with E-state index in [0.717, 1.165) is 31.0 Å². The number of halogens is 2. The van der Waals surface area contributed by atoms with Crippen LogP contribution in [0.3, 0.4) is 0 Å². The van der Waals surface area contributed by atoms with Crippen LogP contribution < -0.4 is 4.74 Å². The number of rotatable bonds is 4. The summed E-state index contributed by atoms with van der Waals surface area (Å²) in [5.41, 5.74) is 0. The number of carbonyl (C=O) groups is 1. The van der Waals surface area contributed by atoms with E-state index in [1.807, 2.05) is 0 Å². The molecule has 2 fully saturated rings. The second-order valence-corrected chi connectivity index (χ2v) is 5.70. The number of hydrogen-bond acceptors (Lipinski definition) is 4. The Morgan fingerprint density at radius 2 is 2.22 bits per heavy atom. The van der Waals surface area contributed by atoms with E-state index >= 15 is 0 Å². The summed E-state index contributed by atoms with van der Waals surface area (Å²) in [7, 11) is 1.63. The standard InChI is InChI=1S/C16H19F2NO4/c1-21-13-5-4-12-16(13)22-7-6-19(12)15(20)9-23-14-8-10(17)2-3-11(14)18/h2-3,8,12-13,16H,4-7,9H2,1H3/t12-,13+,16+/m0/s1. The van der Waals surface area contributed by atoms with Crippen LogP contribution in [-0.2, 0) is 14.3 Å². The van der Waals surface area contributed by atoms with E-state index in [1.54, 1.807) is 12.0 Å². The number of hydrogen-bond donors (Lipinski definition) is 0. The number of methoxy groups -OCH3 is 1. The van der Waals surface area contributed by atoms with Crippen molar-refractivity contribution < 1.29 is 27.8 Å². The second-order valence-electron chi connectivity index (χ2n) is 5.70. The number of morpholine rings is 1. The van der Waals surface area contributed by atoms with Crippen molar-refractivity contribution in [3.63, 3.8) is 0 Å². The van der Waals surface area contributed by atoms with Crippen LogP contribution in [0.25, 0.3) is 0 Å². The van der Waals surface area contributed by atoms with Gasteiger partial charge in [-0.05, 0) is 25.0 Å². The number of benzene rings is 1. The van der Waals surface area contributed by atoms with Crippen LogP contribution >= 0.6 is 0 Å². The third-order valence-electron chi connectivity index (χ3n) is 4.40. The summed E-state index contributed by atoms with van der Waals surface area (Å²) in [6.07, 6.45) is 1.47. The van der Waals surface area contributed by atoms with Crippen molar-refractivity contribution in [3.05, 3.63) is 29.8 Å². The summed E-state index contributed by atoms with van der Waals surface area (Å²) >= 11 is 0. The van der Waals surface area contributed by atoms with Gasteiger partial charge in [0.15, 0.2) is 18.2 Å². The molecule has 1 heterocycles. The minimum Gasteiger partial charge on any atom is -0.481 e. The fourth-order valence-corrected chi connectivity index (χ4v) is 3.29. The van der Waals surface area contributed by atoms with E-state index < -0.39 is 11.6 Å². The van der Waals surface area contributed by atoms with Crippen molar-refractivity contribution >= 4 is 5.91 Å². The van der Waals surface area contributed by atoms with Crippen LogP contribution in [0.1, 0.15) is 12.8 Å². The maximum Gasteiger partial charge on any atom is 0.260 e. The monoisotopic (exact) mass is 327 g/mol. The lowest BCUT2D eigenvalue weighted by molar-refractivity contribution is -0.151. The molecule has 1 saturated heterocycles. The highest BCUT2D eigenvalue weighted by atomic mass is 19.1. The molecule has 0 aromatic heterocycles. The molecule has 1 aliphatic carbocycles. The maximum absolute atomic E-state index is 13.5. The summed E-state index contributed by atoms with van der Waals surface area (Å²) in [5, 5.41) is 0. The molecule has 3 rings (SSSR count). The van der Waals surface area contributed by atoms with Crippen molar-refractivity contribution in [2.24, 2.45) is 0 Å². The number of amides is 1. The Labute approximate surface area is 133 Å². The van der Waals surface area contributed by atoms with Gasteiger partial charge in [0.2, 0.25) is 0 Å². The van der Waals surface area contributed by atoms with Crippen LogP contribution in [0.2, 0.25) is 0 Å². The highest BCUT2D eigenvalue weighted by molar-refractivity contribution is 5.78. The molecular formula is C16H19F2NO4. The maximum atomic E-state index is 13.5. The minimum absolute atomic E-state index is 0.0165. The van der Waals surface area contributed by atoms with Crippen LogP contribution in [0, 0.1) is 11.6 Å². The Balaban J connectivity index is 1.63. The van der Waals surface area contributed by atoms with E-state index in [1.165, 1.54) is 0 Å². The van der Waals surface area contributed by atoms with Crippen molar-refractivity contribution in [1.82, 2.24) is 4.90 Å². The quantitative estimate of drug-likeness (QED) is 0.845. The molecule has 1 amide bonds. The van der Waals surface area contributed by atoms with Gasteiger partial charge in [-0.3, -0.25) is 4.79 Å². The molecule has 1 aromatic rings. The van der Waals surface area contributed by atoms with Crippen LogP contribution in [0.4, 0.5) is 8.78 Å². The Morgan fingerprint density at radius 3 is 3.00 bits per heavy atom. The van der Waals surface area contributed by atoms with Gasteiger partial charge in [0.25, 0.3) is 5.91 Å². The predicted molar refractivity (Wildman–Crippen MR) is 77.1 cm³/mol. The number of nitrogens with zero attached hydrogens (tertiary/aromatic N) is 1. The molecule has 1 saturated carbocycles. The first-order chi connectivity index (χ1) is 11.1. The predicted octanol–water partition coefficient (Wildman–Crippen LogP) is 1.75. The Kier molecular flexibility index (Phi) is 4.77. The van der Waals surface area contributed by atoms with E-state index in [2.05, 4.69) is 0 Å². The largest absolute Gasteiger partial charge is 0.481 e. The Hall–Kier alpha value is -1.73. The molecule has 2 aliphatic rings. The van der Waals surface area contributed by atoms with Gasteiger partial charge in [0, 0.05) is 19.7 Å². The third-order valence-corrected chi connectivity index (χ3v) is 4.40. The SMILES string of the molecule is CO[C@@H]1CC[C@H]2[C@H]1OCCN2C(=O)COc1cc(F)ccc1F. The lowest BCUT2D eigenvalue weighted by Gasteiger charge is -2.38. The van der Waals surface area contributed by atoms with Crippen LogP contribution in [0.15, 0.2) is 18.2 Å². The molecule has 1 aliphatic heterocycles. The zero-order chi connectivity index (χ0) is 16.4. The average molecular weight is 327 g/mol. The molecule has 126 valence electrons. The lowest BCUT2D eigenvalue weighted by atomic mass is 10.1. The molecule has 0 radical (unpaired) electrons. The number of fused-ring (bicyclic) bond motifs is 1.